The zero-order chi connectivity index (χ0) is 22.6. The van der Waals surface area contributed by atoms with E-state index in [2.05, 4.69) is 20.0 Å². The highest BCUT2D eigenvalue weighted by Gasteiger charge is 2.32. The summed E-state index contributed by atoms with van der Waals surface area (Å²) in [5.74, 6) is -2.98. The number of furan rings is 1. The predicted octanol–water partition coefficient (Wildman–Crippen LogP) is 3.19. The number of H-pyrrole nitrogens is 1. The van der Waals surface area contributed by atoms with Crippen molar-refractivity contribution in [2.45, 2.75) is 12.4 Å². The second-order valence-electron chi connectivity index (χ2n) is 6.21. The lowest BCUT2D eigenvalue weighted by Crippen LogP contribution is -2.33. The van der Waals surface area contributed by atoms with Crippen molar-refractivity contribution in [1.82, 2.24) is 15.3 Å². The zero-order valence-corrected chi connectivity index (χ0v) is 15.8. The van der Waals surface area contributed by atoms with Crippen LogP contribution in [0.15, 0.2) is 52.1 Å². The molecule has 1 amide bonds. The molecule has 2 aromatic heterocycles. The van der Waals surface area contributed by atoms with E-state index in [1.165, 1.54) is 25.7 Å². The maximum Gasteiger partial charge on any atom is 0.573 e. The van der Waals surface area contributed by atoms with Crippen LogP contribution in [0.25, 0.3) is 11.4 Å². The van der Waals surface area contributed by atoms with Gasteiger partial charge in [0.05, 0.1) is 24.5 Å². The van der Waals surface area contributed by atoms with Gasteiger partial charge in [-0.1, -0.05) is 6.07 Å². The van der Waals surface area contributed by atoms with E-state index in [0.717, 1.165) is 24.3 Å². The molecule has 0 saturated carbocycles. The fourth-order valence-corrected chi connectivity index (χ4v) is 2.67. The lowest BCUT2D eigenvalue weighted by atomic mass is 10.1. The van der Waals surface area contributed by atoms with Gasteiger partial charge in [0.25, 0.3) is 11.5 Å². The van der Waals surface area contributed by atoms with E-state index in [-0.39, 0.29) is 23.7 Å². The number of carbonyl (C=O) groups excluding carboxylic acids is 1. The van der Waals surface area contributed by atoms with E-state index < -0.39 is 35.4 Å². The third-order valence-electron chi connectivity index (χ3n) is 3.99. The first-order valence-electron chi connectivity index (χ1n) is 8.65. The van der Waals surface area contributed by atoms with Crippen LogP contribution in [0, 0.1) is 5.82 Å². The molecule has 2 N–H and O–H groups in total. The van der Waals surface area contributed by atoms with Gasteiger partial charge in [0.15, 0.2) is 11.6 Å². The topological polar surface area (TPSA) is 106 Å². The van der Waals surface area contributed by atoms with E-state index in [1.54, 1.807) is 0 Å². The van der Waals surface area contributed by atoms with Crippen LogP contribution in [0.5, 0.6) is 5.75 Å². The van der Waals surface area contributed by atoms with Crippen molar-refractivity contribution in [3.05, 3.63) is 70.3 Å². The van der Waals surface area contributed by atoms with Gasteiger partial charge in [-0.15, -0.1) is 13.2 Å². The number of nitrogens with zero attached hydrogens (tertiary/aromatic N) is 1. The van der Waals surface area contributed by atoms with E-state index in [9.17, 15) is 27.2 Å². The standard InChI is InChI=1S/C19H15F4N3O5/c1-29-9-14(10-2-3-15(12(20)6-10)31-19(21,22)23)25-18(28)13-7-16(27)26-17(24-13)11-4-5-30-8-11/h2-8,14H,9H2,1H3,(H,25,28)(H,24,26,27)/t14-/m1/s1. The first-order valence-corrected chi connectivity index (χ1v) is 8.65. The Bertz CT molecular complexity index is 1110. The highest BCUT2D eigenvalue weighted by Crippen LogP contribution is 2.28. The molecule has 3 rings (SSSR count). The lowest BCUT2D eigenvalue weighted by Gasteiger charge is -2.19. The normalized spacial score (nSPS) is 12.4. The van der Waals surface area contributed by atoms with Gasteiger partial charge >= 0.3 is 6.36 Å². The zero-order valence-electron chi connectivity index (χ0n) is 15.8. The van der Waals surface area contributed by atoms with Crippen molar-refractivity contribution in [2.24, 2.45) is 0 Å². The summed E-state index contributed by atoms with van der Waals surface area (Å²) in [5.41, 5.74) is -0.289. The summed E-state index contributed by atoms with van der Waals surface area (Å²) in [6.45, 7) is -0.136. The number of carbonyl (C=O) groups is 1. The molecule has 0 aliphatic heterocycles. The van der Waals surface area contributed by atoms with Crippen LogP contribution in [0.1, 0.15) is 22.1 Å². The number of halogens is 4. The molecule has 0 saturated heterocycles. The molecule has 0 bridgehead atoms. The number of alkyl halides is 3. The minimum Gasteiger partial charge on any atom is -0.472 e. The fraction of sp³-hybridized carbons (Fsp3) is 0.211. The summed E-state index contributed by atoms with van der Waals surface area (Å²) in [6, 6.07) is 4.26. The summed E-state index contributed by atoms with van der Waals surface area (Å²) in [5, 5.41) is 2.51. The molecule has 0 radical (unpaired) electrons. The largest absolute Gasteiger partial charge is 0.573 e. The summed E-state index contributed by atoms with van der Waals surface area (Å²) in [4.78, 5) is 31.1. The average molecular weight is 441 g/mol. The van der Waals surface area contributed by atoms with Gasteiger partial charge in [-0.2, -0.15) is 0 Å². The average Bonchev–Trinajstić information content (AvgIpc) is 3.22. The molecular formula is C19H15F4N3O5. The summed E-state index contributed by atoms with van der Waals surface area (Å²) < 4.78 is 64.5. The minimum absolute atomic E-state index is 0.0920. The SMILES string of the molecule is COC[C@@H](NC(=O)c1cc(=O)[nH]c(-c2ccoc2)n1)c1ccc(OC(F)(F)F)c(F)c1. The minimum atomic E-state index is -5.05. The highest BCUT2D eigenvalue weighted by atomic mass is 19.4. The van der Waals surface area contributed by atoms with Crippen LogP contribution in [-0.4, -0.2) is 36.0 Å². The van der Waals surface area contributed by atoms with Crippen LogP contribution in [0.3, 0.4) is 0 Å². The fourth-order valence-electron chi connectivity index (χ4n) is 2.67. The van der Waals surface area contributed by atoms with Crippen molar-refractivity contribution in [3.63, 3.8) is 0 Å². The maximum absolute atomic E-state index is 14.1. The van der Waals surface area contributed by atoms with Crippen LogP contribution in [0.2, 0.25) is 0 Å². The van der Waals surface area contributed by atoms with Gasteiger partial charge in [0.1, 0.15) is 17.8 Å². The quantitative estimate of drug-likeness (QED) is 0.546. The molecule has 12 heteroatoms. The Kier molecular flexibility index (Phi) is 6.39. The van der Waals surface area contributed by atoms with Gasteiger partial charge in [-0.3, -0.25) is 9.59 Å². The molecule has 0 fully saturated rings. The van der Waals surface area contributed by atoms with Crippen molar-refractivity contribution in [2.75, 3.05) is 13.7 Å². The Hall–Kier alpha value is -3.67. The highest BCUT2D eigenvalue weighted by molar-refractivity contribution is 5.92. The van der Waals surface area contributed by atoms with Gasteiger partial charge in [0, 0.05) is 13.2 Å². The van der Waals surface area contributed by atoms with Crippen LogP contribution >= 0.6 is 0 Å². The first-order chi connectivity index (χ1) is 14.7. The Morgan fingerprint density at radius 1 is 1.29 bits per heavy atom. The number of nitrogens with one attached hydrogen (secondary N) is 2. The summed E-state index contributed by atoms with van der Waals surface area (Å²) >= 11 is 0. The van der Waals surface area contributed by atoms with Crippen molar-refractivity contribution in [1.29, 1.82) is 0 Å². The van der Waals surface area contributed by atoms with E-state index >= 15 is 0 Å². The number of amides is 1. The summed E-state index contributed by atoms with van der Waals surface area (Å²) in [6.07, 6.45) is -2.38. The van der Waals surface area contributed by atoms with Crippen molar-refractivity contribution in [3.8, 4) is 17.1 Å². The third-order valence-corrected chi connectivity index (χ3v) is 3.99. The number of aromatic nitrogens is 2. The molecule has 0 spiro atoms. The number of benzene rings is 1. The van der Waals surface area contributed by atoms with Crippen molar-refractivity contribution >= 4 is 5.91 Å². The van der Waals surface area contributed by atoms with Gasteiger partial charge in [-0.25, -0.2) is 9.37 Å². The Morgan fingerprint density at radius 3 is 2.68 bits per heavy atom. The van der Waals surface area contributed by atoms with E-state index in [1.807, 2.05) is 0 Å². The predicted molar refractivity (Wildman–Crippen MR) is 97.7 cm³/mol. The molecule has 0 aliphatic rings. The van der Waals surface area contributed by atoms with Crippen LogP contribution < -0.4 is 15.6 Å². The molecule has 8 nitrogen and oxygen atoms in total. The number of hydrogen-bond acceptors (Lipinski definition) is 6. The molecule has 2 heterocycles. The Morgan fingerprint density at radius 2 is 2.06 bits per heavy atom. The lowest BCUT2D eigenvalue weighted by molar-refractivity contribution is -0.275. The molecule has 164 valence electrons. The third kappa shape index (κ3) is 5.69. The van der Waals surface area contributed by atoms with Gasteiger partial charge in [0.2, 0.25) is 0 Å². The molecule has 0 aliphatic carbocycles. The molecular weight excluding hydrogens is 426 g/mol. The van der Waals surface area contributed by atoms with Crippen LogP contribution in [-0.2, 0) is 4.74 Å². The number of methoxy groups -OCH3 is 1. The number of ether oxygens (including phenoxy) is 2. The second kappa shape index (κ2) is 9.00. The summed E-state index contributed by atoms with van der Waals surface area (Å²) in [7, 11) is 1.32. The van der Waals surface area contributed by atoms with E-state index in [4.69, 9.17) is 9.15 Å². The molecule has 0 unspecified atom stereocenters. The first kappa shape index (κ1) is 22.0. The van der Waals surface area contributed by atoms with Crippen LogP contribution in [0.4, 0.5) is 17.6 Å². The maximum atomic E-state index is 14.1. The molecule has 1 atom stereocenters. The molecule has 31 heavy (non-hydrogen) atoms. The number of rotatable bonds is 7. The molecule has 3 aromatic rings. The monoisotopic (exact) mass is 441 g/mol. The molecule has 1 aromatic carbocycles. The van der Waals surface area contributed by atoms with Crippen molar-refractivity contribution < 1.29 is 36.2 Å². The van der Waals surface area contributed by atoms with Gasteiger partial charge in [-0.05, 0) is 23.8 Å². The van der Waals surface area contributed by atoms with Gasteiger partial charge < -0.3 is 24.2 Å². The smallest absolute Gasteiger partial charge is 0.472 e. The van der Waals surface area contributed by atoms with E-state index in [0.29, 0.717) is 5.56 Å². The Balaban J connectivity index is 1.84. The Labute approximate surface area is 171 Å². The number of hydrogen-bond donors (Lipinski definition) is 2. The second-order valence-corrected chi connectivity index (χ2v) is 6.21. The number of aromatic amines is 1.